The topological polar surface area (TPSA) is 3.24 Å². The smallest absolute Gasteiger partial charge is 0.118 e. The van der Waals surface area contributed by atoms with Crippen molar-refractivity contribution in [3.8, 4) is 0 Å². The Morgan fingerprint density at radius 1 is 1.36 bits per heavy atom. The van der Waals surface area contributed by atoms with Crippen LogP contribution >= 0.6 is 0 Å². The maximum atomic E-state index is 13.0. The molecular weight excluding hydrogens is 141 g/mol. The van der Waals surface area contributed by atoms with E-state index < -0.39 is 5.67 Å². The van der Waals surface area contributed by atoms with E-state index in [-0.39, 0.29) is 0 Å². The summed E-state index contributed by atoms with van der Waals surface area (Å²) in [5.41, 5.74) is -1.07. The first kappa shape index (κ1) is 10.9. The van der Waals surface area contributed by atoms with Crippen LogP contribution in [0.3, 0.4) is 0 Å². The van der Waals surface area contributed by atoms with Crippen molar-refractivity contribution in [3.63, 3.8) is 0 Å². The molecule has 0 atom stereocenters. The molecule has 0 aromatic rings. The molecule has 11 heavy (non-hydrogen) atoms. The Balaban J connectivity index is 3.61. The van der Waals surface area contributed by atoms with E-state index in [0.29, 0.717) is 12.5 Å². The number of rotatable bonds is 4. The van der Waals surface area contributed by atoms with Gasteiger partial charge in [0.05, 0.1) is 0 Å². The van der Waals surface area contributed by atoms with Crippen LogP contribution in [-0.2, 0) is 0 Å². The Kier molecular flexibility index (Phi) is 4.01. The third-order valence-corrected chi connectivity index (χ3v) is 1.32. The van der Waals surface area contributed by atoms with Gasteiger partial charge in [0, 0.05) is 13.1 Å². The highest BCUT2D eigenvalue weighted by Gasteiger charge is 2.18. The van der Waals surface area contributed by atoms with Gasteiger partial charge in [-0.3, -0.25) is 0 Å². The molecule has 0 aliphatic rings. The summed E-state index contributed by atoms with van der Waals surface area (Å²) < 4.78 is 13.0. The Hall–Kier alpha value is -0.110. The minimum Gasteiger partial charge on any atom is -0.303 e. The summed E-state index contributed by atoms with van der Waals surface area (Å²) in [5.74, 6) is 0.613. The maximum absolute atomic E-state index is 13.0. The van der Waals surface area contributed by atoms with Crippen LogP contribution in [0.1, 0.15) is 27.7 Å². The zero-order valence-corrected chi connectivity index (χ0v) is 8.32. The maximum Gasteiger partial charge on any atom is 0.118 e. The predicted octanol–water partition coefficient (Wildman–Crippen LogP) is 2.32. The summed E-state index contributed by atoms with van der Waals surface area (Å²) in [6.07, 6.45) is 0. The van der Waals surface area contributed by atoms with E-state index in [2.05, 4.69) is 13.8 Å². The highest BCUT2D eigenvalue weighted by Crippen LogP contribution is 2.10. The van der Waals surface area contributed by atoms with Gasteiger partial charge in [-0.25, -0.2) is 4.39 Å². The van der Waals surface area contributed by atoms with E-state index in [4.69, 9.17) is 0 Å². The number of alkyl halides is 1. The van der Waals surface area contributed by atoms with Crippen molar-refractivity contribution in [2.24, 2.45) is 5.92 Å². The van der Waals surface area contributed by atoms with Crippen molar-refractivity contribution < 1.29 is 4.39 Å². The van der Waals surface area contributed by atoms with E-state index in [0.717, 1.165) is 6.54 Å². The minimum atomic E-state index is -1.07. The SMILES string of the molecule is CC(C)CN(C)CC(C)(C)F. The first-order valence-electron chi connectivity index (χ1n) is 4.19. The first-order chi connectivity index (χ1) is 4.81. The van der Waals surface area contributed by atoms with Crippen LogP contribution in [0.25, 0.3) is 0 Å². The standard InChI is InChI=1S/C9H20FN/c1-8(2)6-11(5)7-9(3,4)10/h8H,6-7H2,1-5H3. The normalized spacial score (nSPS) is 13.1. The number of hydrogen-bond donors (Lipinski definition) is 0. The molecule has 0 heterocycles. The van der Waals surface area contributed by atoms with Gasteiger partial charge >= 0.3 is 0 Å². The molecule has 1 nitrogen and oxygen atoms in total. The molecule has 0 fully saturated rings. The van der Waals surface area contributed by atoms with Gasteiger partial charge in [-0.05, 0) is 26.8 Å². The fourth-order valence-electron chi connectivity index (χ4n) is 1.33. The Labute approximate surface area is 69.6 Å². The lowest BCUT2D eigenvalue weighted by atomic mass is 10.1. The van der Waals surface area contributed by atoms with E-state index in [1.165, 1.54) is 0 Å². The molecule has 0 spiro atoms. The molecular formula is C9H20FN. The summed E-state index contributed by atoms with van der Waals surface area (Å²) in [4.78, 5) is 2.03. The molecule has 0 aromatic carbocycles. The second-order valence-electron chi connectivity index (χ2n) is 4.31. The predicted molar refractivity (Wildman–Crippen MR) is 47.5 cm³/mol. The van der Waals surface area contributed by atoms with Gasteiger partial charge < -0.3 is 4.90 Å². The number of hydrogen-bond acceptors (Lipinski definition) is 1. The molecule has 0 unspecified atom stereocenters. The van der Waals surface area contributed by atoms with Gasteiger partial charge in [-0.1, -0.05) is 13.8 Å². The van der Waals surface area contributed by atoms with E-state index in [1.807, 2.05) is 11.9 Å². The van der Waals surface area contributed by atoms with Gasteiger partial charge in [-0.2, -0.15) is 0 Å². The molecule has 0 saturated carbocycles. The molecule has 0 amide bonds. The molecule has 0 aromatic heterocycles. The van der Waals surface area contributed by atoms with Gasteiger partial charge in [0.25, 0.3) is 0 Å². The van der Waals surface area contributed by atoms with Crippen LogP contribution in [0.2, 0.25) is 0 Å². The average molecular weight is 161 g/mol. The minimum absolute atomic E-state index is 0.519. The first-order valence-corrected chi connectivity index (χ1v) is 4.19. The van der Waals surface area contributed by atoms with Crippen molar-refractivity contribution in [1.29, 1.82) is 0 Å². The molecule has 0 saturated heterocycles. The van der Waals surface area contributed by atoms with Crippen molar-refractivity contribution in [2.75, 3.05) is 20.1 Å². The highest BCUT2D eigenvalue weighted by molar-refractivity contribution is 4.70. The average Bonchev–Trinajstić information content (AvgIpc) is 1.53. The van der Waals surface area contributed by atoms with Gasteiger partial charge in [0.1, 0.15) is 5.67 Å². The molecule has 0 aliphatic carbocycles. The zero-order valence-electron chi connectivity index (χ0n) is 8.32. The number of nitrogens with zero attached hydrogens (tertiary/aromatic N) is 1. The summed E-state index contributed by atoms with van der Waals surface area (Å²) >= 11 is 0. The largest absolute Gasteiger partial charge is 0.303 e. The molecule has 68 valence electrons. The molecule has 0 radical (unpaired) electrons. The molecule has 0 rings (SSSR count). The molecule has 0 aliphatic heterocycles. The van der Waals surface area contributed by atoms with Crippen LogP contribution in [0.5, 0.6) is 0 Å². The number of halogens is 1. The highest BCUT2D eigenvalue weighted by atomic mass is 19.1. The Bertz CT molecular complexity index is 105. The van der Waals surface area contributed by atoms with Gasteiger partial charge in [-0.15, -0.1) is 0 Å². The van der Waals surface area contributed by atoms with Crippen molar-refractivity contribution in [3.05, 3.63) is 0 Å². The summed E-state index contributed by atoms with van der Waals surface area (Å²) in [7, 11) is 1.96. The summed E-state index contributed by atoms with van der Waals surface area (Å²) in [6.45, 7) is 9.00. The monoisotopic (exact) mass is 161 g/mol. The summed E-state index contributed by atoms with van der Waals surface area (Å²) in [6, 6.07) is 0. The van der Waals surface area contributed by atoms with Crippen LogP contribution in [-0.4, -0.2) is 30.7 Å². The van der Waals surface area contributed by atoms with Gasteiger partial charge in [0.15, 0.2) is 0 Å². The van der Waals surface area contributed by atoms with Crippen molar-refractivity contribution in [1.82, 2.24) is 4.90 Å². The fourth-order valence-corrected chi connectivity index (χ4v) is 1.33. The third-order valence-electron chi connectivity index (χ3n) is 1.32. The molecule has 0 bridgehead atoms. The van der Waals surface area contributed by atoms with Crippen LogP contribution in [0.15, 0.2) is 0 Å². The second-order valence-corrected chi connectivity index (χ2v) is 4.31. The fraction of sp³-hybridized carbons (Fsp3) is 1.00. The zero-order chi connectivity index (χ0) is 9.07. The van der Waals surface area contributed by atoms with Crippen LogP contribution < -0.4 is 0 Å². The molecule has 2 heteroatoms. The van der Waals surface area contributed by atoms with E-state index in [9.17, 15) is 4.39 Å². The third kappa shape index (κ3) is 7.79. The molecule has 0 N–H and O–H groups in total. The Morgan fingerprint density at radius 3 is 2.09 bits per heavy atom. The quantitative estimate of drug-likeness (QED) is 0.611. The lowest BCUT2D eigenvalue weighted by molar-refractivity contribution is 0.136. The van der Waals surface area contributed by atoms with Crippen molar-refractivity contribution >= 4 is 0 Å². The lowest BCUT2D eigenvalue weighted by Gasteiger charge is -2.24. The Morgan fingerprint density at radius 2 is 1.82 bits per heavy atom. The van der Waals surface area contributed by atoms with Crippen LogP contribution in [0, 0.1) is 5.92 Å². The van der Waals surface area contributed by atoms with E-state index >= 15 is 0 Å². The van der Waals surface area contributed by atoms with Crippen molar-refractivity contribution in [2.45, 2.75) is 33.4 Å². The van der Waals surface area contributed by atoms with Gasteiger partial charge in [0.2, 0.25) is 0 Å². The van der Waals surface area contributed by atoms with E-state index in [1.54, 1.807) is 13.8 Å². The second kappa shape index (κ2) is 4.05. The lowest BCUT2D eigenvalue weighted by Crippen LogP contribution is -2.35. The van der Waals surface area contributed by atoms with Crippen LogP contribution in [0.4, 0.5) is 4.39 Å². The summed E-state index contributed by atoms with van der Waals surface area (Å²) in [5, 5.41) is 0.